The van der Waals surface area contributed by atoms with E-state index in [1.807, 2.05) is 56.3 Å². The third kappa shape index (κ3) is 3.49. The van der Waals surface area contributed by atoms with Crippen LogP contribution >= 0.6 is 11.6 Å². The van der Waals surface area contributed by atoms with Gasteiger partial charge in [-0.2, -0.15) is 0 Å². The first-order chi connectivity index (χ1) is 9.58. The van der Waals surface area contributed by atoms with Crippen molar-refractivity contribution in [2.24, 2.45) is 0 Å². The Morgan fingerprint density at radius 3 is 2.60 bits per heavy atom. The van der Waals surface area contributed by atoms with Crippen molar-refractivity contribution in [3.63, 3.8) is 0 Å². The minimum Gasteiger partial charge on any atom is -0.322 e. The Labute approximate surface area is 124 Å². The summed E-state index contributed by atoms with van der Waals surface area (Å²) in [5, 5.41) is 3.47. The minimum atomic E-state index is -0.168. The minimum absolute atomic E-state index is 0.168. The summed E-state index contributed by atoms with van der Waals surface area (Å²) in [6.07, 6.45) is 3.34. The molecular weight excluding hydrogens is 270 g/mol. The van der Waals surface area contributed by atoms with Crippen molar-refractivity contribution in [3.05, 3.63) is 70.3 Å². The average Bonchev–Trinajstić information content (AvgIpc) is 2.43. The molecule has 0 fully saturated rings. The van der Waals surface area contributed by atoms with Crippen LogP contribution in [0.25, 0.3) is 6.08 Å². The van der Waals surface area contributed by atoms with E-state index in [-0.39, 0.29) is 5.91 Å². The molecule has 0 unspecified atom stereocenters. The average molecular weight is 286 g/mol. The van der Waals surface area contributed by atoms with Crippen LogP contribution in [0.15, 0.2) is 48.5 Å². The molecule has 0 heterocycles. The Hall–Kier alpha value is -2.06. The van der Waals surface area contributed by atoms with Crippen LogP contribution in [-0.4, -0.2) is 5.91 Å². The summed E-state index contributed by atoms with van der Waals surface area (Å²) in [7, 11) is 0. The molecule has 0 bridgehead atoms. The van der Waals surface area contributed by atoms with Crippen LogP contribution in [0.4, 0.5) is 5.69 Å². The Morgan fingerprint density at radius 1 is 1.10 bits per heavy atom. The van der Waals surface area contributed by atoms with Gasteiger partial charge in [0.25, 0.3) is 0 Å². The highest BCUT2D eigenvalue weighted by Gasteiger charge is 2.04. The van der Waals surface area contributed by atoms with Gasteiger partial charge >= 0.3 is 0 Å². The molecule has 2 aromatic rings. The van der Waals surface area contributed by atoms with Gasteiger partial charge in [-0.15, -0.1) is 0 Å². The monoisotopic (exact) mass is 285 g/mol. The quantitative estimate of drug-likeness (QED) is 0.820. The van der Waals surface area contributed by atoms with Crippen molar-refractivity contribution < 1.29 is 4.79 Å². The number of anilines is 1. The maximum absolute atomic E-state index is 11.9. The molecular formula is C17H16ClNO. The predicted octanol–water partition coefficient (Wildman–Crippen LogP) is 4.61. The molecule has 0 aliphatic heterocycles. The molecule has 3 heteroatoms. The van der Waals surface area contributed by atoms with E-state index in [4.69, 9.17) is 11.6 Å². The summed E-state index contributed by atoms with van der Waals surface area (Å²) in [6, 6.07) is 13.4. The second-order valence-electron chi connectivity index (χ2n) is 4.59. The van der Waals surface area contributed by atoms with Crippen molar-refractivity contribution in [1.82, 2.24) is 0 Å². The van der Waals surface area contributed by atoms with E-state index in [1.54, 1.807) is 6.07 Å². The van der Waals surface area contributed by atoms with E-state index in [0.29, 0.717) is 5.02 Å². The molecule has 0 aliphatic rings. The lowest BCUT2D eigenvalue weighted by atomic mass is 10.1. The summed E-state index contributed by atoms with van der Waals surface area (Å²) in [5.41, 5.74) is 3.77. The number of halogens is 1. The standard InChI is InChI=1S/C17H16ClNO/c1-12-6-3-4-7-14(12)10-11-17(20)19-16-9-5-8-15(18)13(16)2/h3-11H,1-2H3,(H,19,20)/b11-10+. The fourth-order valence-electron chi connectivity index (χ4n) is 1.86. The summed E-state index contributed by atoms with van der Waals surface area (Å²) in [5.74, 6) is -0.168. The molecule has 0 saturated heterocycles. The van der Waals surface area contributed by atoms with Crippen LogP contribution < -0.4 is 5.32 Å². The summed E-state index contributed by atoms with van der Waals surface area (Å²) < 4.78 is 0. The largest absolute Gasteiger partial charge is 0.322 e. The van der Waals surface area contributed by atoms with Gasteiger partial charge in [-0.25, -0.2) is 0 Å². The summed E-state index contributed by atoms with van der Waals surface area (Å²) in [4.78, 5) is 11.9. The zero-order chi connectivity index (χ0) is 14.5. The summed E-state index contributed by atoms with van der Waals surface area (Å²) in [6.45, 7) is 3.89. The number of benzene rings is 2. The maximum atomic E-state index is 11.9. The SMILES string of the molecule is Cc1ccccc1/C=C/C(=O)Nc1cccc(Cl)c1C. The molecule has 102 valence electrons. The van der Waals surface area contributed by atoms with Gasteiger partial charge in [-0.1, -0.05) is 41.9 Å². The van der Waals surface area contributed by atoms with E-state index in [2.05, 4.69) is 5.32 Å². The van der Waals surface area contributed by atoms with Crippen LogP contribution in [0, 0.1) is 13.8 Å². The Bertz CT molecular complexity index is 662. The molecule has 1 amide bonds. The topological polar surface area (TPSA) is 29.1 Å². The maximum Gasteiger partial charge on any atom is 0.248 e. The molecule has 2 nitrogen and oxygen atoms in total. The third-order valence-corrected chi connectivity index (χ3v) is 3.54. The molecule has 0 aromatic heterocycles. The Balaban J connectivity index is 2.10. The second-order valence-corrected chi connectivity index (χ2v) is 5.00. The van der Waals surface area contributed by atoms with Gasteiger partial charge in [0, 0.05) is 16.8 Å². The van der Waals surface area contributed by atoms with Gasteiger partial charge in [0.05, 0.1) is 0 Å². The van der Waals surface area contributed by atoms with Crippen molar-refractivity contribution in [2.75, 3.05) is 5.32 Å². The van der Waals surface area contributed by atoms with Gasteiger partial charge in [0.1, 0.15) is 0 Å². The number of rotatable bonds is 3. The van der Waals surface area contributed by atoms with Crippen molar-refractivity contribution in [1.29, 1.82) is 0 Å². The Morgan fingerprint density at radius 2 is 1.85 bits per heavy atom. The van der Waals surface area contributed by atoms with Crippen LogP contribution in [0.5, 0.6) is 0 Å². The molecule has 2 rings (SSSR count). The number of nitrogens with one attached hydrogen (secondary N) is 1. The van der Waals surface area contributed by atoms with Crippen LogP contribution in [-0.2, 0) is 4.79 Å². The zero-order valence-electron chi connectivity index (χ0n) is 11.5. The smallest absolute Gasteiger partial charge is 0.248 e. The first kappa shape index (κ1) is 14.4. The van der Waals surface area contributed by atoms with E-state index in [0.717, 1.165) is 22.4 Å². The van der Waals surface area contributed by atoms with E-state index >= 15 is 0 Å². The molecule has 20 heavy (non-hydrogen) atoms. The lowest BCUT2D eigenvalue weighted by Gasteiger charge is -2.07. The third-order valence-electron chi connectivity index (χ3n) is 3.13. The number of aryl methyl sites for hydroxylation is 1. The zero-order valence-corrected chi connectivity index (χ0v) is 12.2. The van der Waals surface area contributed by atoms with Gasteiger partial charge in [-0.05, 0) is 48.7 Å². The lowest BCUT2D eigenvalue weighted by Crippen LogP contribution is -2.09. The highest BCUT2D eigenvalue weighted by Crippen LogP contribution is 2.22. The fourth-order valence-corrected chi connectivity index (χ4v) is 2.03. The molecule has 1 N–H and O–H groups in total. The Kier molecular flexibility index (Phi) is 4.59. The van der Waals surface area contributed by atoms with E-state index in [1.165, 1.54) is 6.08 Å². The highest BCUT2D eigenvalue weighted by atomic mass is 35.5. The summed E-state index contributed by atoms with van der Waals surface area (Å²) >= 11 is 6.02. The molecule has 0 saturated carbocycles. The predicted molar refractivity (Wildman–Crippen MR) is 85.0 cm³/mol. The fraction of sp³-hybridized carbons (Fsp3) is 0.118. The van der Waals surface area contributed by atoms with E-state index in [9.17, 15) is 4.79 Å². The van der Waals surface area contributed by atoms with E-state index < -0.39 is 0 Å². The highest BCUT2D eigenvalue weighted by molar-refractivity contribution is 6.31. The van der Waals surface area contributed by atoms with Crippen LogP contribution in [0.2, 0.25) is 5.02 Å². The number of hydrogen-bond donors (Lipinski definition) is 1. The molecule has 0 atom stereocenters. The normalized spacial score (nSPS) is 10.8. The van der Waals surface area contributed by atoms with Gasteiger partial charge < -0.3 is 5.32 Å². The van der Waals surface area contributed by atoms with Gasteiger partial charge in [0.15, 0.2) is 0 Å². The lowest BCUT2D eigenvalue weighted by molar-refractivity contribution is -0.111. The van der Waals surface area contributed by atoms with Crippen LogP contribution in [0.3, 0.4) is 0 Å². The van der Waals surface area contributed by atoms with Crippen molar-refractivity contribution >= 4 is 29.3 Å². The molecule has 0 spiro atoms. The first-order valence-corrected chi connectivity index (χ1v) is 6.75. The van der Waals surface area contributed by atoms with Crippen molar-refractivity contribution in [2.45, 2.75) is 13.8 Å². The molecule has 0 radical (unpaired) electrons. The number of carbonyl (C=O) groups is 1. The second kappa shape index (κ2) is 6.40. The molecule has 2 aromatic carbocycles. The number of hydrogen-bond acceptors (Lipinski definition) is 1. The van der Waals surface area contributed by atoms with Gasteiger partial charge in [-0.3, -0.25) is 4.79 Å². The molecule has 0 aliphatic carbocycles. The number of carbonyl (C=O) groups excluding carboxylic acids is 1. The number of amides is 1. The first-order valence-electron chi connectivity index (χ1n) is 6.38. The van der Waals surface area contributed by atoms with Crippen LogP contribution in [0.1, 0.15) is 16.7 Å². The van der Waals surface area contributed by atoms with Gasteiger partial charge in [0.2, 0.25) is 5.91 Å². The van der Waals surface area contributed by atoms with Crippen molar-refractivity contribution in [3.8, 4) is 0 Å².